The number of thiazole rings is 1. The fourth-order valence-corrected chi connectivity index (χ4v) is 5.09. The van der Waals surface area contributed by atoms with Crippen molar-refractivity contribution in [2.75, 3.05) is 20.2 Å². The average Bonchev–Trinajstić information content (AvgIpc) is 3.44. The van der Waals surface area contributed by atoms with Gasteiger partial charge in [0, 0.05) is 19.0 Å². The molecule has 1 aliphatic rings. The molecule has 0 aliphatic carbocycles. The molecule has 8 nitrogen and oxygen atoms in total. The molecular formula is C21H20F2N6O2S. The van der Waals surface area contributed by atoms with Crippen molar-refractivity contribution in [2.24, 2.45) is 5.92 Å². The number of alkyl halides is 2. The van der Waals surface area contributed by atoms with E-state index in [4.69, 9.17) is 4.74 Å². The highest BCUT2D eigenvalue weighted by Gasteiger charge is 2.34. The third-order valence-electron chi connectivity index (χ3n) is 5.93. The van der Waals surface area contributed by atoms with Crippen LogP contribution in [-0.2, 0) is 0 Å². The van der Waals surface area contributed by atoms with Crippen LogP contribution in [0.25, 0.3) is 16.0 Å². The van der Waals surface area contributed by atoms with Crippen LogP contribution in [0, 0.1) is 5.92 Å². The van der Waals surface area contributed by atoms with Gasteiger partial charge in [-0.1, -0.05) is 6.92 Å². The van der Waals surface area contributed by atoms with E-state index in [1.54, 1.807) is 12.0 Å². The Kier molecular flexibility index (Phi) is 5.20. The summed E-state index contributed by atoms with van der Waals surface area (Å²) < 4.78 is 34.5. The minimum absolute atomic E-state index is 0.133. The molecule has 3 aromatic heterocycles. The number of aromatic nitrogens is 5. The lowest BCUT2D eigenvalue weighted by atomic mass is 9.84. The number of likely N-dealkylation sites (tertiary alicyclic amines) is 1. The summed E-state index contributed by atoms with van der Waals surface area (Å²) >= 11 is 1.32. The van der Waals surface area contributed by atoms with Crippen molar-refractivity contribution in [1.29, 1.82) is 0 Å². The molecule has 4 aromatic rings. The number of nitrogens with zero attached hydrogens (tertiary/aromatic N) is 6. The number of ether oxygens (including phenoxy) is 1. The van der Waals surface area contributed by atoms with Gasteiger partial charge in [-0.05, 0) is 36.6 Å². The molecule has 1 fully saturated rings. The maximum absolute atomic E-state index is 13.4. The Bertz CT molecular complexity index is 1310. The number of methoxy groups -OCH3 is 1. The standard InChI is InChI=1S/C21H20F2N6O2S/c1-11-5-6-28(20(30)19-26-14-4-3-12(31-2)7-17(14)32-19)9-13(11)16-8-15(18(22)23)27-21-24-10-25-29(16)21/h3-4,7-8,10-11,13,18H,5-6,9H2,1-2H3/t11?,13-/m1/s1. The smallest absolute Gasteiger partial charge is 0.282 e. The van der Waals surface area contributed by atoms with Crippen LogP contribution in [0.4, 0.5) is 8.78 Å². The van der Waals surface area contributed by atoms with E-state index in [0.29, 0.717) is 29.5 Å². The normalized spacial score (nSPS) is 19.2. The largest absolute Gasteiger partial charge is 0.497 e. The first-order valence-electron chi connectivity index (χ1n) is 10.2. The molecule has 0 N–H and O–H groups in total. The Morgan fingerprint density at radius 1 is 1.28 bits per heavy atom. The van der Waals surface area contributed by atoms with Gasteiger partial charge in [0.2, 0.25) is 0 Å². The molecule has 1 amide bonds. The van der Waals surface area contributed by atoms with Gasteiger partial charge >= 0.3 is 0 Å². The molecule has 0 bridgehead atoms. The summed E-state index contributed by atoms with van der Waals surface area (Å²) in [4.78, 5) is 27.4. The Hall–Kier alpha value is -3.21. The Balaban J connectivity index is 1.47. The molecule has 1 aliphatic heterocycles. The summed E-state index contributed by atoms with van der Waals surface area (Å²) in [5.74, 6) is 0.649. The Labute approximate surface area is 185 Å². The fraction of sp³-hybridized carbons (Fsp3) is 0.381. The number of piperidine rings is 1. The first kappa shape index (κ1) is 20.7. The molecule has 2 atom stereocenters. The molecule has 0 radical (unpaired) electrons. The van der Waals surface area contributed by atoms with Gasteiger partial charge in [-0.15, -0.1) is 11.3 Å². The average molecular weight is 458 g/mol. The van der Waals surface area contributed by atoms with Gasteiger partial charge in [-0.2, -0.15) is 10.1 Å². The molecule has 32 heavy (non-hydrogen) atoms. The van der Waals surface area contributed by atoms with Crippen LogP contribution < -0.4 is 4.74 Å². The molecule has 166 valence electrons. The van der Waals surface area contributed by atoms with Gasteiger partial charge in [0.25, 0.3) is 18.1 Å². The maximum Gasteiger partial charge on any atom is 0.282 e. The number of benzene rings is 1. The van der Waals surface area contributed by atoms with E-state index in [1.165, 1.54) is 28.2 Å². The van der Waals surface area contributed by atoms with E-state index in [0.717, 1.165) is 16.6 Å². The van der Waals surface area contributed by atoms with E-state index < -0.39 is 6.43 Å². The Morgan fingerprint density at radius 2 is 2.12 bits per heavy atom. The minimum atomic E-state index is -2.72. The number of hydrogen-bond donors (Lipinski definition) is 0. The monoisotopic (exact) mass is 458 g/mol. The second-order valence-electron chi connectivity index (χ2n) is 7.85. The fourth-order valence-electron chi connectivity index (χ4n) is 4.13. The number of carbonyl (C=O) groups excluding carboxylic acids is 1. The third-order valence-corrected chi connectivity index (χ3v) is 6.93. The Morgan fingerprint density at radius 3 is 2.91 bits per heavy atom. The second-order valence-corrected chi connectivity index (χ2v) is 8.89. The third kappa shape index (κ3) is 3.56. The van der Waals surface area contributed by atoms with Crippen molar-refractivity contribution < 1.29 is 18.3 Å². The number of hydrogen-bond acceptors (Lipinski definition) is 7. The molecule has 11 heteroatoms. The van der Waals surface area contributed by atoms with E-state index in [-0.39, 0.29) is 29.2 Å². The zero-order valence-corrected chi connectivity index (χ0v) is 18.2. The first-order valence-corrected chi connectivity index (χ1v) is 11.0. The molecule has 0 spiro atoms. The van der Waals surface area contributed by atoms with Gasteiger partial charge in [-0.3, -0.25) is 4.79 Å². The van der Waals surface area contributed by atoms with E-state index in [9.17, 15) is 13.6 Å². The first-order chi connectivity index (χ1) is 15.4. The van der Waals surface area contributed by atoms with Gasteiger partial charge < -0.3 is 9.64 Å². The molecule has 1 saturated heterocycles. The van der Waals surface area contributed by atoms with Crippen LogP contribution in [0.2, 0.25) is 0 Å². The van der Waals surface area contributed by atoms with Crippen molar-refractivity contribution in [1.82, 2.24) is 29.5 Å². The zero-order chi connectivity index (χ0) is 22.4. The van der Waals surface area contributed by atoms with Gasteiger partial charge in [0.1, 0.15) is 17.8 Å². The second kappa shape index (κ2) is 8.05. The predicted octanol–water partition coefficient (Wildman–Crippen LogP) is 3.95. The van der Waals surface area contributed by atoms with E-state index in [1.807, 2.05) is 18.2 Å². The van der Waals surface area contributed by atoms with Gasteiger partial charge in [0.15, 0.2) is 5.01 Å². The van der Waals surface area contributed by atoms with Crippen molar-refractivity contribution in [3.8, 4) is 5.75 Å². The summed E-state index contributed by atoms with van der Waals surface area (Å²) in [6.07, 6.45) is -0.684. The van der Waals surface area contributed by atoms with Crippen LogP contribution >= 0.6 is 11.3 Å². The lowest BCUT2D eigenvalue weighted by molar-refractivity contribution is 0.0665. The summed E-state index contributed by atoms with van der Waals surface area (Å²) in [5.41, 5.74) is 0.985. The number of amides is 1. The van der Waals surface area contributed by atoms with Crippen molar-refractivity contribution in [3.05, 3.63) is 47.0 Å². The molecule has 1 aromatic carbocycles. The SMILES string of the molecule is COc1ccc2nc(C(=O)N3CCC(C)[C@H](c4cc(C(F)F)nc5ncnn45)C3)sc2c1. The maximum atomic E-state index is 13.4. The molecule has 1 unspecified atom stereocenters. The summed E-state index contributed by atoms with van der Waals surface area (Å²) in [7, 11) is 1.59. The highest BCUT2D eigenvalue weighted by Crippen LogP contribution is 2.35. The number of fused-ring (bicyclic) bond motifs is 2. The number of rotatable bonds is 4. The molecule has 4 heterocycles. The summed E-state index contributed by atoms with van der Waals surface area (Å²) in [6.45, 7) is 3.01. The summed E-state index contributed by atoms with van der Waals surface area (Å²) in [6, 6.07) is 6.87. The lowest BCUT2D eigenvalue weighted by Crippen LogP contribution is -2.42. The van der Waals surface area contributed by atoms with Crippen LogP contribution in [0.5, 0.6) is 5.75 Å². The predicted molar refractivity (Wildman–Crippen MR) is 114 cm³/mol. The highest BCUT2D eigenvalue weighted by molar-refractivity contribution is 7.20. The van der Waals surface area contributed by atoms with Crippen LogP contribution in [0.3, 0.4) is 0 Å². The summed E-state index contributed by atoms with van der Waals surface area (Å²) in [5, 5.41) is 4.57. The van der Waals surface area contributed by atoms with Crippen LogP contribution in [0.15, 0.2) is 30.6 Å². The van der Waals surface area contributed by atoms with E-state index in [2.05, 4.69) is 27.0 Å². The van der Waals surface area contributed by atoms with Gasteiger partial charge in [0.05, 0.1) is 23.0 Å². The topological polar surface area (TPSA) is 85.5 Å². The molecular weight excluding hydrogens is 438 g/mol. The zero-order valence-electron chi connectivity index (χ0n) is 17.4. The lowest BCUT2D eigenvalue weighted by Gasteiger charge is -2.37. The minimum Gasteiger partial charge on any atom is -0.497 e. The number of carbonyl (C=O) groups is 1. The molecule has 5 rings (SSSR count). The molecule has 0 saturated carbocycles. The van der Waals surface area contributed by atoms with Crippen LogP contribution in [0.1, 0.15) is 46.9 Å². The van der Waals surface area contributed by atoms with Crippen LogP contribution in [-0.4, -0.2) is 55.6 Å². The van der Waals surface area contributed by atoms with E-state index >= 15 is 0 Å². The number of halogens is 2. The van der Waals surface area contributed by atoms with Crippen molar-refractivity contribution >= 4 is 33.2 Å². The van der Waals surface area contributed by atoms with Gasteiger partial charge in [-0.25, -0.2) is 23.3 Å². The van der Waals surface area contributed by atoms with Crippen molar-refractivity contribution in [3.63, 3.8) is 0 Å². The van der Waals surface area contributed by atoms with Crippen molar-refractivity contribution in [2.45, 2.75) is 25.7 Å². The highest BCUT2D eigenvalue weighted by atomic mass is 32.1. The quantitative estimate of drug-likeness (QED) is 0.460.